The van der Waals surface area contributed by atoms with Gasteiger partial charge in [-0.25, -0.2) is 9.37 Å². The highest BCUT2D eigenvalue weighted by Crippen LogP contribution is 2.20. The minimum absolute atomic E-state index is 0.126. The molecular formula is C15H22FN3O. The van der Waals surface area contributed by atoms with E-state index < -0.39 is 0 Å². The second-order valence-corrected chi connectivity index (χ2v) is 4.88. The number of hydrogen-bond acceptors (Lipinski definition) is 3. The second kappa shape index (κ2) is 6.81. The fourth-order valence-corrected chi connectivity index (χ4v) is 2.56. The molecule has 5 heteroatoms. The number of aliphatic hydroxyl groups is 1. The Hall–Kier alpha value is -1.46. The number of hydrogen-bond donors (Lipinski definition) is 1. The lowest BCUT2D eigenvalue weighted by Gasteiger charge is -2.20. The predicted octanol–water partition coefficient (Wildman–Crippen LogP) is 2.40. The minimum Gasteiger partial charge on any atom is -0.395 e. The fourth-order valence-electron chi connectivity index (χ4n) is 2.56. The van der Waals surface area contributed by atoms with E-state index >= 15 is 0 Å². The lowest BCUT2D eigenvalue weighted by atomic mass is 10.3. The molecule has 1 aromatic heterocycles. The molecule has 0 unspecified atom stereocenters. The van der Waals surface area contributed by atoms with E-state index in [4.69, 9.17) is 5.11 Å². The summed E-state index contributed by atoms with van der Waals surface area (Å²) < 4.78 is 15.9. The number of rotatable bonds is 7. The van der Waals surface area contributed by atoms with E-state index in [1.165, 1.54) is 6.07 Å². The summed E-state index contributed by atoms with van der Waals surface area (Å²) in [7, 11) is 0. The number of imidazole rings is 1. The lowest BCUT2D eigenvalue weighted by molar-refractivity contribution is 0.186. The number of halogens is 1. The van der Waals surface area contributed by atoms with E-state index in [2.05, 4.69) is 16.8 Å². The molecule has 1 heterocycles. The van der Waals surface area contributed by atoms with Crippen molar-refractivity contribution < 1.29 is 9.50 Å². The maximum Gasteiger partial charge on any atom is 0.151 e. The van der Waals surface area contributed by atoms with Crippen molar-refractivity contribution in [2.75, 3.05) is 19.7 Å². The average molecular weight is 279 g/mol. The zero-order valence-corrected chi connectivity index (χ0v) is 12.1. The number of aromatic nitrogens is 2. The van der Waals surface area contributed by atoms with Gasteiger partial charge in [-0.3, -0.25) is 4.90 Å². The quantitative estimate of drug-likeness (QED) is 0.846. The van der Waals surface area contributed by atoms with Crippen LogP contribution in [0.5, 0.6) is 0 Å². The summed E-state index contributed by atoms with van der Waals surface area (Å²) in [6.45, 7) is 7.17. The highest BCUT2D eigenvalue weighted by atomic mass is 19.1. The van der Waals surface area contributed by atoms with Crippen molar-refractivity contribution in [3.05, 3.63) is 29.8 Å². The molecule has 0 atom stereocenters. The van der Waals surface area contributed by atoms with Crippen LogP contribution in [-0.2, 0) is 13.1 Å². The molecule has 2 rings (SSSR count). The number of para-hydroxylation sites is 1. The van der Waals surface area contributed by atoms with Gasteiger partial charge in [-0.15, -0.1) is 0 Å². The highest BCUT2D eigenvalue weighted by Gasteiger charge is 2.15. The van der Waals surface area contributed by atoms with Gasteiger partial charge in [0.05, 0.1) is 18.7 Å². The molecule has 1 aromatic carbocycles. The van der Waals surface area contributed by atoms with Crippen LogP contribution in [0.1, 0.15) is 26.1 Å². The first kappa shape index (κ1) is 14.9. The third kappa shape index (κ3) is 2.99. The Morgan fingerprint density at radius 1 is 1.30 bits per heavy atom. The summed E-state index contributed by atoms with van der Waals surface area (Å²) in [5.41, 5.74) is 1.27. The molecule has 0 amide bonds. The molecule has 0 saturated heterocycles. The largest absolute Gasteiger partial charge is 0.395 e. The minimum atomic E-state index is -0.278. The van der Waals surface area contributed by atoms with Crippen LogP contribution in [0.4, 0.5) is 4.39 Å². The molecule has 1 N–H and O–H groups in total. The predicted molar refractivity (Wildman–Crippen MR) is 78.0 cm³/mol. The lowest BCUT2D eigenvalue weighted by Crippen LogP contribution is -2.28. The summed E-state index contributed by atoms with van der Waals surface area (Å²) in [6.07, 6.45) is 1.01. The summed E-state index contributed by atoms with van der Waals surface area (Å²) in [6, 6.07) is 5.05. The molecule has 110 valence electrons. The maximum atomic E-state index is 13.8. The Balaban J connectivity index is 2.35. The van der Waals surface area contributed by atoms with Gasteiger partial charge in [0.15, 0.2) is 5.82 Å². The number of benzene rings is 1. The zero-order chi connectivity index (χ0) is 14.5. The van der Waals surface area contributed by atoms with E-state index in [0.29, 0.717) is 18.6 Å². The molecule has 0 fully saturated rings. The van der Waals surface area contributed by atoms with Gasteiger partial charge >= 0.3 is 0 Å². The SMILES string of the molecule is CCCN(CCO)Cc1nc2c(F)cccc2n1CC. The van der Waals surface area contributed by atoms with Gasteiger partial charge in [0.2, 0.25) is 0 Å². The molecule has 2 aromatic rings. The van der Waals surface area contributed by atoms with Crippen LogP contribution in [0.3, 0.4) is 0 Å². The van der Waals surface area contributed by atoms with Crippen LogP contribution in [0.2, 0.25) is 0 Å². The molecule has 0 spiro atoms. The van der Waals surface area contributed by atoms with Crippen molar-refractivity contribution in [3.63, 3.8) is 0 Å². The summed E-state index contributed by atoms with van der Waals surface area (Å²) in [4.78, 5) is 6.60. The summed E-state index contributed by atoms with van der Waals surface area (Å²) in [5, 5.41) is 9.12. The van der Waals surface area contributed by atoms with Crippen molar-refractivity contribution >= 4 is 11.0 Å². The van der Waals surface area contributed by atoms with E-state index in [1.54, 1.807) is 6.07 Å². The summed E-state index contributed by atoms with van der Waals surface area (Å²) in [5.74, 6) is 0.578. The highest BCUT2D eigenvalue weighted by molar-refractivity contribution is 5.76. The van der Waals surface area contributed by atoms with Gasteiger partial charge < -0.3 is 9.67 Å². The van der Waals surface area contributed by atoms with Gasteiger partial charge in [0.1, 0.15) is 11.3 Å². The molecule has 0 radical (unpaired) electrons. The normalized spacial score (nSPS) is 11.7. The third-order valence-corrected chi connectivity index (χ3v) is 3.45. The van der Waals surface area contributed by atoms with Crippen LogP contribution >= 0.6 is 0 Å². The second-order valence-electron chi connectivity index (χ2n) is 4.88. The Kier molecular flexibility index (Phi) is 5.09. The molecule has 4 nitrogen and oxygen atoms in total. The van der Waals surface area contributed by atoms with Crippen molar-refractivity contribution in [3.8, 4) is 0 Å². The monoisotopic (exact) mass is 279 g/mol. The first-order valence-electron chi connectivity index (χ1n) is 7.18. The molecular weight excluding hydrogens is 257 g/mol. The summed E-state index contributed by atoms with van der Waals surface area (Å²) >= 11 is 0. The number of aliphatic hydroxyl groups excluding tert-OH is 1. The van der Waals surface area contributed by atoms with E-state index in [-0.39, 0.29) is 12.4 Å². The standard InChI is InChI=1S/C15H22FN3O/c1-3-8-18(9-10-20)11-14-17-15-12(16)6-5-7-13(15)19(14)4-2/h5-7,20H,3-4,8-11H2,1-2H3. The zero-order valence-electron chi connectivity index (χ0n) is 12.1. The van der Waals surface area contributed by atoms with Gasteiger partial charge in [0, 0.05) is 13.1 Å². The van der Waals surface area contributed by atoms with E-state index in [0.717, 1.165) is 30.9 Å². The van der Waals surface area contributed by atoms with E-state index in [1.807, 2.05) is 17.6 Å². The maximum absolute atomic E-state index is 13.8. The van der Waals surface area contributed by atoms with Crippen LogP contribution < -0.4 is 0 Å². The van der Waals surface area contributed by atoms with Gasteiger partial charge in [-0.05, 0) is 32.0 Å². The van der Waals surface area contributed by atoms with Gasteiger partial charge in [-0.1, -0.05) is 13.0 Å². The number of nitrogens with zero attached hydrogens (tertiary/aromatic N) is 3. The third-order valence-electron chi connectivity index (χ3n) is 3.45. The topological polar surface area (TPSA) is 41.3 Å². The van der Waals surface area contributed by atoms with Crippen molar-refractivity contribution in [1.29, 1.82) is 0 Å². The smallest absolute Gasteiger partial charge is 0.151 e. The Morgan fingerprint density at radius 2 is 2.10 bits per heavy atom. The van der Waals surface area contributed by atoms with Crippen molar-refractivity contribution in [1.82, 2.24) is 14.5 Å². The number of aryl methyl sites for hydroxylation is 1. The molecule has 20 heavy (non-hydrogen) atoms. The van der Waals surface area contributed by atoms with Crippen molar-refractivity contribution in [2.24, 2.45) is 0 Å². The average Bonchev–Trinajstić information content (AvgIpc) is 2.78. The first-order valence-corrected chi connectivity index (χ1v) is 7.18. The van der Waals surface area contributed by atoms with Crippen LogP contribution in [0.25, 0.3) is 11.0 Å². The Bertz CT molecular complexity index is 561. The molecule has 0 saturated carbocycles. The first-order chi connectivity index (χ1) is 9.71. The Morgan fingerprint density at radius 3 is 2.75 bits per heavy atom. The molecule has 0 aliphatic heterocycles. The fraction of sp³-hybridized carbons (Fsp3) is 0.533. The molecule has 0 bridgehead atoms. The Labute approximate surface area is 118 Å². The number of fused-ring (bicyclic) bond motifs is 1. The van der Waals surface area contributed by atoms with Crippen LogP contribution in [0, 0.1) is 5.82 Å². The van der Waals surface area contributed by atoms with Gasteiger partial charge in [0.25, 0.3) is 0 Å². The van der Waals surface area contributed by atoms with Crippen molar-refractivity contribution in [2.45, 2.75) is 33.4 Å². The van der Waals surface area contributed by atoms with Gasteiger partial charge in [-0.2, -0.15) is 0 Å². The molecule has 0 aliphatic carbocycles. The van der Waals surface area contributed by atoms with Crippen LogP contribution in [-0.4, -0.2) is 39.3 Å². The van der Waals surface area contributed by atoms with E-state index in [9.17, 15) is 4.39 Å². The molecule has 0 aliphatic rings. The van der Waals surface area contributed by atoms with Crippen LogP contribution in [0.15, 0.2) is 18.2 Å².